The SMILES string of the molecule is C#CCC[C@@]1(C)C(=O)CC[C@H]2[C@@H]3CCC[C@@]3(C)CC[C@@H]21. The lowest BCUT2D eigenvalue weighted by Crippen LogP contribution is -2.51. The van der Waals surface area contributed by atoms with Gasteiger partial charge in [-0.2, -0.15) is 0 Å². The molecule has 0 aromatic rings. The van der Waals surface area contributed by atoms with Crippen molar-refractivity contribution in [1.29, 1.82) is 0 Å². The fourth-order valence-corrected chi connectivity index (χ4v) is 5.92. The molecule has 0 amide bonds. The van der Waals surface area contributed by atoms with Gasteiger partial charge in [0, 0.05) is 18.3 Å². The molecule has 0 radical (unpaired) electrons. The van der Waals surface area contributed by atoms with E-state index in [0.29, 0.717) is 17.1 Å². The van der Waals surface area contributed by atoms with Gasteiger partial charge in [-0.25, -0.2) is 0 Å². The maximum absolute atomic E-state index is 12.6. The Bertz CT molecular complexity index is 445. The number of rotatable bonds is 2. The number of terminal acetylenes is 1. The molecule has 0 bridgehead atoms. The average Bonchev–Trinajstić information content (AvgIpc) is 2.82. The Morgan fingerprint density at radius 3 is 2.75 bits per heavy atom. The summed E-state index contributed by atoms with van der Waals surface area (Å²) < 4.78 is 0. The molecule has 3 fully saturated rings. The zero-order valence-electron chi connectivity index (χ0n) is 13.1. The predicted molar refractivity (Wildman–Crippen MR) is 82.1 cm³/mol. The summed E-state index contributed by atoms with van der Waals surface area (Å²) in [5.74, 6) is 5.52. The third kappa shape index (κ3) is 1.95. The number of fused-ring (bicyclic) bond motifs is 3. The molecule has 0 N–H and O–H groups in total. The van der Waals surface area contributed by atoms with Crippen molar-refractivity contribution >= 4 is 5.78 Å². The Labute approximate surface area is 123 Å². The molecule has 0 aromatic carbocycles. The first-order valence-electron chi connectivity index (χ1n) is 8.48. The van der Waals surface area contributed by atoms with Crippen LogP contribution in [0.15, 0.2) is 0 Å². The van der Waals surface area contributed by atoms with Crippen molar-refractivity contribution in [2.24, 2.45) is 28.6 Å². The van der Waals surface area contributed by atoms with E-state index < -0.39 is 0 Å². The van der Waals surface area contributed by atoms with Crippen LogP contribution in [0.5, 0.6) is 0 Å². The molecule has 0 heterocycles. The summed E-state index contributed by atoms with van der Waals surface area (Å²) in [7, 11) is 0. The van der Waals surface area contributed by atoms with Crippen molar-refractivity contribution in [1.82, 2.24) is 0 Å². The van der Waals surface area contributed by atoms with E-state index in [4.69, 9.17) is 6.42 Å². The van der Waals surface area contributed by atoms with Gasteiger partial charge in [-0.15, -0.1) is 12.3 Å². The molecule has 0 aromatic heterocycles. The Hall–Kier alpha value is -0.770. The van der Waals surface area contributed by atoms with Crippen molar-refractivity contribution in [2.75, 3.05) is 0 Å². The van der Waals surface area contributed by atoms with Gasteiger partial charge in [0.05, 0.1) is 0 Å². The first-order chi connectivity index (χ1) is 9.51. The summed E-state index contributed by atoms with van der Waals surface area (Å²) in [4.78, 5) is 12.6. The van der Waals surface area contributed by atoms with Crippen molar-refractivity contribution in [3.63, 3.8) is 0 Å². The fourth-order valence-electron chi connectivity index (χ4n) is 5.92. The van der Waals surface area contributed by atoms with Gasteiger partial charge in [0.25, 0.3) is 0 Å². The van der Waals surface area contributed by atoms with Crippen LogP contribution in [0.3, 0.4) is 0 Å². The highest BCUT2D eigenvalue weighted by molar-refractivity contribution is 5.85. The molecule has 3 aliphatic rings. The van der Waals surface area contributed by atoms with Gasteiger partial charge in [0.2, 0.25) is 0 Å². The highest BCUT2D eigenvalue weighted by Gasteiger charge is 2.56. The van der Waals surface area contributed by atoms with Gasteiger partial charge in [-0.1, -0.05) is 20.3 Å². The van der Waals surface area contributed by atoms with Gasteiger partial charge in [0.1, 0.15) is 5.78 Å². The molecule has 1 nitrogen and oxygen atoms in total. The van der Waals surface area contributed by atoms with Crippen LogP contribution >= 0.6 is 0 Å². The van der Waals surface area contributed by atoms with E-state index in [1.165, 1.54) is 32.1 Å². The lowest BCUT2D eigenvalue weighted by atomic mass is 9.49. The maximum Gasteiger partial charge on any atom is 0.139 e. The van der Waals surface area contributed by atoms with Crippen molar-refractivity contribution < 1.29 is 4.79 Å². The second kappa shape index (κ2) is 4.90. The molecule has 5 atom stereocenters. The smallest absolute Gasteiger partial charge is 0.139 e. The van der Waals surface area contributed by atoms with Crippen LogP contribution in [0.25, 0.3) is 0 Å². The minimum absolute atomic E-state index is 0.126. The van der Waals surface area contributed by atoms with E-state index in [1.54, 1.807) is 0 Å². The van der Waals surface area contributed by atoms with Crippen molar-refractivity contribution in [2.45, 2.75) is 71.6 Å². The third-order valence-electron chi connectivity index (χ3n) is 7.17. The van der Waals surface area contributed by atoms with Gasteiger partial charge in [-0.3, -0.25) is 4.79 Å². The summed E-state index contributed by atoms with van der Waals surface area (Å²) in [5.41, 5.74) is 0.452. The Kier molecular flexibility index (Phi) is 3.47. The average molecular weight is 272 g/mol. The third-order valence-corrected chi connectivity index (χ3v) is 7.17. The zero-order chi connectivity index (χ0) is 14.4. The summed E-state index contributed by atoms with van der Waals surface area (Å²) in [5, 5.41) is 0. The number of carbonyl (C=O) groups excluding carboxylic acids is 1. The summed E-state index contributed by atoms with van der Waals surface area (Å²) >= 11 is 0. The minimum atomic E-state index is -0.126. The van der Waals surface area contributed by atoms with Gasteiger partial charge < -0.3 is 0 Å². The Balaban J connectivity index is 1.88. The lowest BCUT2D eigenvalue weighted by molar-refractivity contribution is -0.144. The van der Waals surface area contributed by atoms with Crippen LogP contribution in [0.4, 0.5) is 0 Å². The normalized spacial score (nSPS) is 47.5. The molecular weight excluding hydrogens is 244 g/mol. The molecule has 0 spiro atoms. The number of carbonyl (C=O) groups is 1. The van der Waals surface area contributed by atoms with E-state index in [1.807, 2.05) is 0 Å². The molecule has 110 valence electrons. The standard InChI is InChI=1S/C19H28O/c1-4-5-12-19(3)16-10-13-18(2)11-6-7-15(18)14(16)8-9-17(19)20/h1,14-16H,5-13H2,2-3H3/t14-,15-,16-,18-,19+/m0/s1. The van der Waals surface area contributed by atoms with Crippen LogP contribution in [-0.4, -0.2) is 5.78 Å². The minimum Gasteiger partial charge on any atom is -0.299 e. The van der Waals surface area contributed by atoms with Crippen LogP contribution in [0, 0.1) is 40.9 Å². The highest BCUT2D eigenvalue weighted by atomic mass is 16.1. The Morgan fingerprint density at radius 1 is 1.20 bits per heavy atom. The fraction of sp³-hybridized carbons (Fsp3) is 0.842. The molecule has 0 aliphatic heterocycles. The molecule has 3 saturated carbocycles. The first-order valence-corrected chi connectivity index (χ1v) is 8.48. The second-order valence-electron chi connectivity index (χ2n) is 8.05. The van der Waals surface area contributed by atoms with E-state index >= 15 is 0 Å². The summed E-state index contributed by atoms with van der Waals surface area (Å²) in [6, 6.07) is 0. The summed E-state index contributed by atoms with van der Waals surface area (Å²) in [6.45, 7) is 4.73. The predicted octanol–water partition coefficient (Wildman–Crippen LogP) is 4.60. The lowest BCUT2D eigenvalue weighted by Gasteiger charge is -2.54. The van der Waals surface area contributed by atoms with Crippen molar-refractivity contribution in [3.05, 3.63) is 0 Å². The van der Waals surface area contributed by atoms with Gasteiger partial charge >= 0.3 is 0 Å². The van der Waals surface area contributed by atoms with E-state index in [-0.39, 0.29) is 5.41 Å². The quantitative estimate of drug-likeness (QED) is 0.671. The Morgan fingerprint density at radius 2 is 2.00 bits per heavy atom. The molecule has 0 unspecified atom stereocenters. The molecule has 1 heteroatoms. The number of hydrogen-bond acceptors (Lipinski definition) is 1. The van der Waals surface area contributed by atoms with E-state index in [9.17, 15) is 4.79 Å². The maximum atomic E-state index is 12.6. The van der Waals surface area contributed by atoms with Gasteiger partial charge in [0.15, 0.2) is 0 Å². The number of Topliss-reactive ketones (excluding diaryl/α,β-unsaturated/α-hetero) is 1. The zero-order valence-corrected chi connectivity index (χ0v) is 13.1. The van der Waals surface area contributed by atoms with Gasteiger partial charge in [-0.05, 0) is 61.7 Å². The van der Waals surface area contributed by atoms with E-state index in [0.717, 1.165) is 37.5 Å². The monoisotopic (exact) mass is 272 g/mol. The van der Waals surface area contributed by atoms with Crippen LogP contribution in [0.1, 0.15) is 71.6 Å². The van der Waals surface area contributed by atoms with E-state index in [2.05, 4.69) is 19.8 Å². The highest BCUT2D eigenvalue weighted by Crippen LogP contribution is 2.62. The van der Waals surface area contributed by atoms with Crippen molar-refractivity contribution in [3.8, 4) is 12.3 Å². The summed E-state index contributed by atoms with van der Waals surface area (Å²) in [6.07, 6.45) is 15.9. The second-order valence-corrected chi connectivity index (χ2v) is 8.05. The first kappa shape index (κ1) is 14.2. The molecule has 20 heavy (non-hydrogen) atoms. The molecule has 0 saturated heterocycles. The largest absolute Gasteiger partial charge is 0.299 e. The molecular formula is C19H28O. The van der Waals surface area contributed by atoms with Crippen LogP contribution in [0.2, 0.25) is 0 Å². The molecule has 3 rings (SSSR count). The number of hydrogen-bond donors (Lipinski definition) is 0. The molecule has 3 aliphatic carbocycles. The number of ketones is 1. The van der Waals surface area contributed by atoms with Crippen LogP contribution < -0.4 is 0 Å². The van der Waals surface area contributed by atoms with Crippen LogP contribution in [-0.2, 0) is 4.79 Å². The topological polar surface area (TPSA) is 17.1 Å².